The van der Waals surface area contributed by atoms with Crippen LogP contribution in [0.1, 0.15) is 30.3 Å². The van der Waals surface area contributed by atoms with Gasteiger partial charge in [-0.05, 0) is 24.8 Å². The summed E-state index contributed by atoms with van der Waals surface area (Å²) < 4.78 is 1.97. The molecule has 0 atom stereocenters. The van der Waals surface area contributed by atoms with Crippen LogP contribution in [-0.4, -0.2) is 20.9 Å². The lowest BCUT2D eigenvalue weighted by Gasteiger charge is -1.97. The number of rotatable bonds is 3. The van der Waals surface area contributed by atoms with Gasteiger partial charge in [-0.25, -0.2) is 0 Å². The first-order valence-electron chi connectivity index (χ1n) is 5.01. The smallest absolute Gasteiger partial charge is 0.309 e. The summed E-state index contributed by atoms with van der Waals surface area (Å²) in [5.41, 5.74) is 3.17. The van der Waals surface area contributed by atoms with Crippen LogP contribution in [0.2, 0.25) is 0 Å². The molecule has 4 heteroatoms. The first kappa shape index (κ1) is 9.24. The Morgan fingerprint density at radius 1 is 1.64 bits per heavy atom. The number of nitrogens with zero attached hydrogens (tertiary/aromatic N) is 2. The van der Waals surface area contributed by atoms with Gasteiger partial charge in [-0.2, -0.15) is 5.10 Å². The van der Waals surface area contributed by atoms with E-state index in [0.29, 0.717) is 0 Å². The van der Waals surface area contributed by atoms with E-state index < -0.39 is 5.97 Å². The van der Waals surface area contributed by atoms with Crippen LogP contribution in [0.4, 0.5) is 0 Å². The SMILES string of the molecule is CCc1c(CC(=O)O)nn2c1CCC2. The third kappa shape index (κ3) is 1.41. The minimum Gasteiger partial charge on any atom is -0.481 e. The number of carboxylic acids is 1. The molecule has 4 nitrogen and oxygen atoms in total. The standard InChI is InChI=1S/C10H14N2O2/c1-2-7-8(6-10(13)14)11-12-5-3-4-9(7)12/h2-6H2,1H3,(H,13,14). The average molecular weight is 194 g/mol. The molecule has 0 aliphatic carbocycles. The van der Waals surface area contributed by atoms with Crippen molar-refractivity contribution in [1.29, 1.82) is 0 Å². The number of hydrogen-bond donors (Lipinski definition) is 1. The molecule has 1 aromatic heterocycles. The molecule has 76 valence electrons. The summed E-state index contributed by atoms with van der Waals surface area (Å²) in [5.74, 6) is -0.795. The highest BCUT2D eigenvalue weighted by molar-refractivity contribution is 5.70. The molecule has 0 aromatic carbocycles. The van der Waals surface area contributed by atoms with Gasteiger partial charge >= 0.3 is 5.97 Å². The highest BCUT2D eigenvalue weighted by Crippen LogP contribution is 2.22. The van der Waals surface area contributed by atoms with Gasteiger partial charge < -0.3 is 5.11 Å². The van der Waals surface area contributed by atoms with Gasteiger partial charge in [-0.1, -0.05) is 6.92 Å². The van der Waals surface area contributed by atoms with Crippen molar-refractivity contribution in [2.45, 2.75) is 39.2 Å². The maximum atomic E-state index is 10.6. The Bertz CT molecular complexity index is 368. The number of hydrogen-bond acceptors (Lipinski definition) is 2. The number of aryl methyl sites for hydroxylation is 1. The third-order valence-corrected chi connectivity index (χ3v) is 2.71. The maximum absolute atomic E-state index is 10.6. The van der Waals surface area contributed by atoms with Gasteiger partial charge in [0.25, 0.3) is 0 Å². The fraction of sp³-hybridized carbons (Fsp3) is 0.600. The van der Waals surface area contributed by atoms with E-state index in [0.717, 1.165) is 37.1 Å². The van der Waals surface area contributed by atoms with E-state index in [1.165, 1.54) is 5.69 Å². The van der Waals surface area contributed by atoms with Gasteiger partial charge in [0.2, 0.25) is 0 Å². The molecule has 0 unspecified atom stereocenters. The van der Waals surface area contributed by atoms with Gasteiger partial charge in [0.1, 0.15) is 0 Å². The molecule has 14 heavy (non-hydrogen) atoms. The monoisotopic (exact) mass is 194 g/mol. The minimum atomic E-state index is -0.795. The molecule has 1 aromatic rings. The zero-order chi connectivity index (χ0) is 10.1. The molecule has 0 radical (unpaired) electrons. The molecule has 0 fully saturated rings. The summed E-state index contributed by atoms with van der Waals surface area (Å²) in [6.07, 6.45) is 3.14. The van der Waals surface area contributed by atoms with Crippen molar-refractivity contribution in [1.82, 2.24) is 9.78 Å². The van der Waals surface area contributed by atoms with Crippen LogP contribution >= 0.6 is 0 Å². The van der Waals surface area contributed by atoms with E-state index in [9.17, 15) is 4.79 Å². The lowest BCUT2D eigenvalue weighted by Crippen LogP contribution is -2.04. The van der Waals surface area contributed by atoms with E-state index in [-0.39, 0.29) is 6.42 Å². The molecule has 0 spiro atoms. The molecule has 2 heterocycles. The zero-order valence-electron chi connectivity index (χ0n) is 8.29. The Labute approximate surface area is 82.5 Å². The van der Waals surface area contributed by atoms with Crippen molar-refractivity contribution in [3.63, 3.8) is 0 Å². The third-order valence-electron chi connectivity index (χ3n) is 2.71. The van der Waals surface area contributed by atoms with Gasteiger partial charge in [-0.15, -0.1) is 0 Å². The molecule has 1 aliphatic rings. The average Bonchev–Trinajstić information content (AvgIpc) is 2.62. The van der Waals surface area contributed by atoms with Crippen molar-refractivity contribution in [3.8, 4) is 0 Å². The Kier molecular flexibility index (Phi) is 2.27. The van der Waals surface area contributed by atoms with Crippen LogP contribution in [0.5, 0.6) is 0 Å². The number of carboxylic acid groups (broad SMARTS) is 1. The summed E-state index contributed by atoms with van der Waals surface area (Å²) in [6.45, 7) is 3.00. The van der Waals surface area contributed by atoms with Crippen molar-refractivity contribution in [2.75, 3.05) is 0 Å². The lowest BCUT2D eigenvalue weighted by molar-refractivity contribution is -0.136. The van der Waals surface area contributed by atoms with Crippen molar-refractivity contribution in [3.05, 3.63) is 17.0 Å². The second-order valence-electron chi connectivity index (χ2n) is 3.62. The molecule has 0 bridgehead atoms. The highest BCUT2D eigenvalue weighted by atomic mass is 16.4. The van der Waals surface area contributed by atoms with E-state index in [1.54, 1.807) is 0 Å². The van der Waals surface area contributed by atoms with E-state index in [4.69, 9.17) is 5.11 Å². The summed E-state index contributed by atoms with van der Waals surface area (Å²) >= 11 is 0. The molecule has 0 saturated carbocycles. The maximum Gasteiger partial charge on any atom is 0.309 e. The molecule has 1 N–H and O–H groups in total. The predicted molar refractivity (Wildman–Crippen MR) is 51.3 cm³/mol. The molecular weight excluding hydrogens is 180 g/mol. The first-order chi connectivity index (χ1) is 6.72. The lowest BCUT2D eigenvalue weighted by atomic mass is 10.1. The molecular formula is C10H14N2O2. The normalized spacial score (nSPS) is 14.4. The number of fused-ring (bicyclic) bond motifs is 1. The second-order valence-corrected chi connectivity index (χ2v) is 3.62. The van der Waals surface area contributed by atoms with Gasteiger partial charge in [0, 0.05) is 12.2 Å². The fourth-order valence-electron chi connectivity index (χ4n) is 2.14. The Hall–Kier alpha value is -1.32. The number of aliphatic carboxylic acids is 1. The summed E-state index contributed by atoms with van der Waals surface area (Å²) in [5, 5.41) is 13.1. The van der Waals surface area contributed by atoms with Gasteiger partial charge in [-0.3, -0.25) is 9.48 Å². The summed E-state index contributed by atoms with van der Waals surface area (Å²) in [7, 11) is 0. The molecule has 0 saturated heterocycles. The van der Waals surface area contributed by atoms with Gasteiger partial charge in [0.05, 0.1) is 12.1 Å². The predicted octanol–water partition coefficient (Wildman–Crippen LogP) is 1.02. The van der Waals surface area contributed by atoms with Crippen LogP contribution in [0.25, 0.3) is 0 Å². The van der Waals surface area contributed by atoms with Crippen LogP contribution in [-0.2, 0) is 30.6 Å². The van der Waals surface area contributed by atoms with Crippen LogP contribution in [0.3, 0.4) is 0 Å². The van der Waals surface area contributed by atoms with Crippen molar-refractivity contribution >= 4 is 5.97 Å². The van der Waals surface area contributed by atoms with Gasteiger partial charge in [0.15, 0.2) is 0 Å². The number of aromatic nitrogens is 2. The molecule has 2 rings (SSSR count). The Morgan fingerprint density at radius 3 is 3.07 bits per heavy atom. The van der Waals surface area contributed by atoms with Crippen LogP contribution in [0, 0.1) is 0 Å². The van der Waals surface area contributed by atoms with Crippen molar-refractivity contribution in [2.24, 2.45) is 0 Å². The van der Waals surface area contributed by atoms with E-state index >= 15 is 0 Å². The number of carbonyl (C=O) groups is 1. The topological polar surface area (TPSA) is 55.1 Å². The molecule has 1 aliphatic heterocycles. The summed E-state index contributed by atoms with van der Waals surface area (Å²) in [6, 6.07) is 0. The highest BCUT2D eigenvalue weighted by Gasteiger charge is 2.21. The van der Waals surface area contributed by atoms with E-state index in [2.05, 4.69) is 12.0 Å². The quantitative estimate of drug-likeness (QED) is 0.781. The van der Waals surface area contributed by atoms with Crippen LogP contribution < -0.4 is 0 Å². The largest absolute Gasteiger partial charge is 0.481 e. The zero-order valence-corrected chi connectivity index (χ0v) is 8.29. The molecule has 0 amide bonds. The first-order valence-corrected chi connectivity index (χ1v) is 5.01. The summed E-state index contributed by atoms with van der Waals surface area (Å²) in [4.78, 5) is 10.6. The second kappa shape index (κ2) is 3.44. The Balaban J connectivity index is 2.36. The Morgan fingerprint density at radius 2 is 2.43 bits per heavy atom. The fourth-order valence-corrected chi connectivity index (χ4v) is 2.14. The van der Waals surface area contributed by atoms with E-state index in [1.807, 2.05) is 4.68 Å². The van der Waals surface area contributed by atoms with Crippen LogP contribution in [0.15, 0.2) is 0 Å². The minimum absolute atomic E-state index is 0.0587. The van der Waals surface area contributed by atoms with Crippen molar-refractivity contribution < 1.29 is 9.90 Å².